The summed E-state index contributed by atoms with van der Waals surface area (Å²) in [6.07, 6.45) is 3.36. The predicted molar refractivity (Wildman–Crippen MR) is 53.8 cm³/mol. The molecule has 0 aliphatic heterocycles. The van der Waals surface area contributed by atoms with E-state index in [-0.39, 0.29) is 0 Å². The van der Waals surface area contributed by atoms with Crippen LogP contribution in [0.25, 0.3) is 22.4 Å². The van der Waals surface area contributed by atoms with Crippen LogP contribution in [0.15, 0.2) is 47.3 Å². The lowest BCUT2D eigenvalue weighted by molar-refractivity contribution is 0.582. The van der Waals surface area contributed by atoms with Gasteiger partial charge in [0.2, 0.25) is 0 Å². The molecule has 0 saturated heterocycles. The van der Waals surface area contributed by atoms with Crippen molar-refractivity contribution in [1.29, 1.82) is 0 Å². The predicted octanol–water partition coefficient (Wildman–Crippen LogP) is 2.82. The molecule has 68 valence electrons. The highest BCUT2D eigenvalue weighted by Crippen LogP contribution is 2.22. The van der Waals surface area contributed by atoms with Crippen molar-refractivity contribution in [3.63, 3.8) is 0 Å². The number of H-pyrrole nitrogens is 1. The van der Waals surface area contributed by atoms with E-state index in [4.69, 9.17) is 4.42 Å². The Labute approximate surface area is 80.4 Å². The Morgan fingerprint density at radius 2 is 2.21 bits per heavy atom. The molecule has 2 aromatic heterocycles. The van der Waals surface area contributed by atoms with Crippen LogP contribution in [0.3, 0.4) is 0 Å². The van der Waals surface area contributed by atoms with Crippen molar-refractivity contribution < 1.29 is 4.42 Å². The van der Waals surface area contributed by atoms with E-state index < -0.39 is 0 Å². The molecule has 3 aromatic rings. The lowest BCUT2D eigenvalue weighted by atomic mass is 10.1. The molecule has 0 amide bonds. The Hall–Kier alpha value is -2.03. The second-order valence-electron chi connectivity index (χ2n) is 3.11. The third-order valence-corrected chi connectivity index (χ3v) is 2.23. The van der Waals surface area contributed by atoms with Crippen LogP contribution in [-0.2, 0) is 0 Å². The normalized spacial score (nSPS) is 10.9. The number of fused-ring (bicyclic) bond motifs is 1. The molecule has 0 bridgehead atoms. The van der Waals surface area contributed by atoms with Crippen LogP contribution in [0.5, 0.6) is 0 Å². The fraction of sp³-hybridized carbons (Fsp3) is 0. The van der Waals surface area contributed by atoms with Gasteiger partial charge in [-0.05, 0) is 30.3 Å². The van der Waals surface area contributed by atoms with Gasteiger partial charge in [0.05, 0.1) is 23.6 Å². The quantitative estimate of drug-likeness (QED) is 0.631. The van der Waals surface area contributed by atoms with E-state index in [0.29, 0.717) is 0 Å². The van der Waals surface area contributed by atoms with Crippen LogP contribution in [0.4, 0.5) is 0 Å². The van der Waals surface area contributed by atoms with Crippen LogP contribution in [0.2, 0.25) is 0 Å². The van der Waals surface area contributed by atoms with E-state index in [1.165, 1.54) is 0 Å². The number of aromatic nitrogens is 2. The van der Waals surface area contributed by atoms with E-state index in [1.807, 2.05) is 30.3 Å². The number of rotatable bonds is 1. The average Bonchev–Trinajstić information content (AvgIpc) is 2.88. The first-order valence-electron chi connectivity index (χ1n) is 4.40. The van der Waals surface area contributed by atoms with Gasteiger partial charge in [-0.1, -0.05) is 0 Å². The molecule has 3 heteroatoms. The molecule has 0 unspecified atom stereocenters. The zero-order valence-electron chi connectivity index (χ0n) is 7.40. The van der Waals surface area contributed by atoms with Gasteiger partial charge in [0.1, 0.15) is 5.76 Å². The SMILES string of the molecule is c1coc(-c2ccc3nc[nH]c3c2)c1. The molecule has 1 N–H and O–H groups in total. The minimum atomic E-state index is 0.876. The van der Waals surface area contributed by atoms with Gasteiger partial charge in [-0.2, -0.15) is 0 Å². The molecule has 3 nitrogen and oxygen atoms in total. The van der Waals surface area contributed by atoms with Crippen molar-refractivity contribution in [2.24, 2.45) is 0 Å². The summed E-state index contributed by atoms with van der Waals surface area (Å²) < 4.78 is 5.31. The first-order valence-corrected chi connectivity index (χ1v) is 4.40. The number of benzene rings is 1. The summed E-state index contributed by atoms with van der Waals surface area (Å²) in [7, 11) is 0. The second kappa shape index (κ2) is 2.73. The van der Waals surface area contributed by atoms with E-state index in [2.05, 4.69) is 9.97 Å². The molecule has 0 fully saturated rings. The summed E-state index contributed by atoms with van der Waals surface area (Å²) in [4.78, 5) is 7.22. The Morgan fingerprint density at radius 3 is 3.07 bits per heavy atom. The fourth-order valence-corrected chi connectivity index (χ4v) is 1.53. The van der Waals surface area contributed by atoms with Crippen molar-refractivity contribution in [1.82, 2.24) is 9.97 Å². The summed E-state index contributed by atoms with van der Waals surface area (Å²) in [6.45, 7) is 0. The van der Waals surface area contributed by atoms with Gasteiger partial charge in [0, 0.05) is 5.56 Å². The molecule has 14 heavy (non-hydrogen) atoms. The molecular formula is C11H8N2O. The third kappa shape index (κ3) is 1.03. The average molecular weight is 184 g/mol. The highest BCUT2D eigenvalue weighted by Gasteiger charge is 2.02. The minimum absolute atomic E-state index is 0.876. The van der Waals surface area contributed by atoms with Gasteiger partial charge >= 0.3 is 0 Å². The zero-order valence-corrected chi connectivity index (χ0v) is 7.40. The monoisotopic (exact) mass is 184 g/mol. The molecular weight excluding hydrogens is 176 g/mol. The molecule has 2 heterocycles. The Morgan fingerprint density at radius 1 is 1.21 bits per heavy atom. The minimum Gasteiger partial charge on any atom is -0.464 e. The Balaban J connectivity index is 2.23. The third-order valence-electron chi connectivity index (χ3n) is 2.23. The number of furan rings is 1. The van der Waals surface area contributed by atoms with Gasteiger partial charge in [-0.3, -0.25) is 0 Å². The van der Waals surface area contributed by atoms with Crippen molar-refractivity contribution in [2.45, 2.75) is 0 Å². The number of imidazole rings is 1. The van der Waals surface area contributed by atoms with Crippen LogP contribution in [-0.4, -0.2) is 9.97 Å². The fourth-order valence-electron chi connectivity index (χ4n) is 1.53. The Bertz CT molecular complexity index is 551. The number of nitrogens with zero attached hydrogens (tertiary/aromatic N) is 1. The maximum absolute atomic E-state index is 5.31. The van der Waals surface area contributed by atoms with Gasteiger partial charge in [-0.25, -0.2) is 4.98 Å². The molecule has 0 spiro atoms. The molecule has 0 aliphatic rings. The highest BCUT2D eigenvalue weighted by atomic mass is 16.3. The van der Waals surface area contributed by atoms with E-state index >= 15 is 0 Å². The van der Waals surface area contributed by atoms with Gasteiger partial charge < -0.3 is 9.40 Å². The van der Waals surface area contributed by atoms with Gasteiger partial charge in [0.15, 0.2) is 0 Å². The van der Waals surface area contributed by atoms with E-state index in [1.54, 1.807) is 12.6 Å². The first-order chi connectivity index (χ1) is 6.93. The van der Waals surface area contributed by atoms with Crippen LogP contribution < -0.4 is 0 Å². The Kier molecular flexibility index (Phi) is 1.44. The summed E-state index contributed by atoms with van der Waals surface area (Å²) in [5.74, 6) is 0.876. The van der Waals surface area contributed by atoms with Gasteiger partial charge in [0.25, 0.3) is 0 Å². The lowest BCUT2D eigenvalue weighted by Gasteiger charge is -1.95. The highest BCUT2D eigenvalue weighted by molar-refractivity contribution is 5.80. The molecule has 0 saturated carbocycles. The number of nitrogens with one attached hydrogen (secondary N) is 1. The number of hydrogen-bond acceptors (Lipinski definition) is 2. The summed E-state index contributed by atoms with van der Waals surface area (Å²) >= 11 is 0. The van der Waals surface area contributed by atoms with Crippen LogP contribution in [0.1, 0.15) is 0 Å². The van der Waals surface area contributed by atoms with E-state index in [9.17, 15) is 0 Å². The maximum atomic E-state index is 5.31. The lowest BCUT2D eigenvalue weighted by Crippen LogP contribution is -1.74. The van der Waals surface area contributed by atoms with Gasteiger partial charge in [-0.15, -0.1) is 0 Å². The van der Waals surface area contributed by atoms with Crippen molar-refractivity contribution in [3.8, 4) is 11.3 Å². The summed E-state index contributed by atoms with van der Waals surface area (Å²) in [5, 5.41) is 0. The summed E-state index contributed by atoms with van der Waals surface area (Å²) in [6, 6.07) is 9.83. The number of hydrogen-bond donors (Lipinski definition) is 1. The zero-order chi connectivity index (χ0) is 9.38. The van der Waals surface area contributed by atoms with Crippen molar-refractivity contribution >= 4 is 11.0 Å². The molecule has 1 aromatic carbocycles. The van der Waals surface area contributed by atoms with Crippen molar-refractivity contribution in [3.05, 3.63) is 42.9 Å². The van der Waals surface area contributed by atoms with Crippen LogP contribution >= 0.6 is 0 Å². The van der Waals surface area contributed by atoms with E-state index in [0.717, 1.165) is 22.4 Å². The number of aromatic amines is 1. The topological polar surface area (TPSA) is 41.8 Å². The first kappa shape index (κ1) is 7.38. The van der Waals surface area contributed by atoms with Crippen molar-refractivity contribution in [2.75, 3.05) is 0 Å². The maximum Gasteiger partial charge on any atom is 0.133 e. The molecule has 3 rings (SSSR count). The standard InChI is InChI=1S/C11H8N2O/c1-2-11(14-5-1)8-3-4-9-10(6-8)13-7-12-9/h1-7H,(H,12,13). The van der Waals surface area contributed by atoms with Crippen LogP contribution in [0, 0.1) is 0 Å². The molecule has 0 atom stereocenters. The summed E-state index contributed by atoms with van der Waals surface area (Å²) in [5.41, 5.74) is 3.06. The molecule has 0 radical (unpaired) electrons. The second-order valence-corrected chi connectivity index (χ2v) is 3.11. The largest absolute Gasteiger partial charge is 0.464 e. The smallest absolute Gasteiger partial charge is 0.133 e. The molecule has 0 aliphatic carbocycles.